The number of nitrogens with zero attached hydrogens (tertiary/aromatic N) is 3. The standard InChI is InChI=1S/C10H14FN5O5S2/c1-21-14-8(9(12)17)6-4-22-10(13)15(6)7-2-5(3-11)16(7)23(18,19)20/h4-5,7,13H,2-3H2,1H3,(H3,12,17,18,19,20)/b14-8-/t5-,7?/m1/s1. The van der Waals surface area contributed by atoms with Crippen molar-refractivity contribution < 1.29 is 31.6 Å². The van der Waals surface area contributed by atoms with E-state index in [4.69, 9.17) is 11.5 Å². The van der Waals surface area contributed by atoms with Crippen molar-refractivity contribution in [3.05, 3.63) is 11.1 Å². The number of carbonyl (C=O) groups excluding carboxylic acids is 1. The molecule has 4 N–H and O–H groups in total. The van der Waals surface area contributed by atoms with E-state index in [0.717, 1.165) is 11.3 Å². The number of aromatic nitrogens is 1. The lowest BCUT2D eigenvalue weighted by Gasteiger charge is -2.45. The van der Waals surface area contributed by atoms with Crippen LogP contribution in [0, 0.1) is 0 Å². The Morgan fingerprint density at radius 1 is 1.70 bits per heavy atom. The zero-order valence-corrected chi connectivity index (χ0v) is 13.5. The Labute approximate surface area is 135 Å². The summed E-state index contributed by atoms with van der Waals surface area (Å²) in [5.74, 6) is -0.934. The second-order valence-corrected chi connectivity index (χ2v) is 6.79. The fourth-order valence-corrected chi connectivity index (χ4v) is 4.15. The number of primary amides is 1. The number of alkyl halides is 1. The molecule has 1 saturated heterocycles. The molecule has 128 valence electrons. The minimum atomic E-state index is -4.91. The van der Waals surface area contributed by atoms with Crippen LogP contribution in [-0.4, -0.2) is 48.7 Å². The van der Waals surface area contributed by atoms with E-state index >= 15 is 0 Å². The lowest BCUT2D eigenvalue weighted by atomic mass is 10.0. The molecule has 0 radical (unpaired) electrons. The second-order valence-electron chi connectivity index (χ2n) is 4.63. The molecule has 0 spiro atoms. The molecule has 0 aromatic carbocycles. The van der Waals surface area contributed by atoms with Gasteiger partial charge in [0.05, 0.1) is 6.04 Å². The van der Waals surface area contributed by atoms with Gasteiger partial charge in [0.15, 0.2) is 22.2 Å². The van der Waals surface area contributed by atoms with Crippen LogP contribution in [0.25, 0.3) is 0 Å². The van der Waals surface area contributed by atoms with Crippen LogP contribution in [-0.2, 0) is 19.9 Å². The van der Waals surface area contributed by atoms with Crippen molar-refractivity contribution in [2.45, 2.75) is 18.6 Å². The van der Waals surface area contributed by atoms with Gasteiger partial charge in [-0.25, -0.2) is 12.8 Å². The van der Waals surface area contributed by atoms with E-state index in [1.165, 1.54) is 17.1 Å². The first-order valence-corrected chi connectivity index (χ1v) is 8.47. The van der Waals surface area contributed by atoms with Crippen LogP contribution in [0.3, 0.4) is 0 Å². The van der Waals surface area contributed by atoms with Crippen molar-refractivity contribution in [2.24, 2.45) is 10.9 Å². The topological polar surface area (TPSA) is 155 Å². The molecule has 1 aromatic rings. The van der Waals surface area contributed by atoms with E-state index in [1.807, 2.05) is 0 Å². The number of hydrogen-bond acceptors (Lipinski definition) is 8. The van der Waals surface area contributed by atoms with Gasteiger partial charge >= 0.3 is 5.13 Å². The Morgan fingerprint density at radius 2 is 2.35 bits per heavy atom. The number of halogens is 1. The van der Waals surface area contributed by atoms with Crippen molar-refractivity contribution in [1.82, 2.24) is 4.31 Å². The van der Waals surface area contributed by atoms with Crippen LogP contribution < -0.4 is 16.0 Å². The molecule has 13 heteroatoms. The predicted octanol–water partition coefficient (Wildman–Crippen LogP) is -1.54. The molecule has 23 heavy (non-hydrogen) atoms. The van der Waals surface area contributed by atoms with Gasteiger partial charge in [-0.1, -0.05) is 16.5 Å². The van der Waals surface area contributed by atoms with E-state index in [0.29, 0.717) is 4.31 Å². The monoisotopic (exact) mass is 367 g/mol. The van der Waals surface area contributed by atoms with Crippen molar-refractivity contribution in [3.8, 4) is 0 Å². The van der Waals surface area contributed by atoms with Crippen LogP contribution in [0.1, 0.15) is 18.3 Å². The maximum Gasteiger partial charge on any atom is 0.333 e. The van der Waals surface area contributed by atoms with Gasteiger partial charge in [-0.05, 0) is 0 Å². The Bertz CT molecular complexity index is 749. The highest BCUT2D eigenvalue weighted by Crippen LogP contribution is 2.35. The average Bonchev–Trinajstić information content (AvgIpc) is 2.75. The minimum Gasteiger partial charge on any atom is -0.735 e. The van der Waals surface area contributed by atoms with E-state index in [1.54, 1.807) is 0 Å². The molecule has 2 rings (SSSR count). The Balaban J connectivity index is 2.51. The highest BCUT2D eigenvalue weighted by Gasteiger charge is 2.49. The molecule has 2 atom stereocenters. The highest BCUT2D eigenvalue weighted by molar-refractivity contribution is 7.83. The number of anilines is 1. The number of rotatable bonds is 6. The fourth-order valence-electron chi connectivity index (χ4n) is 2.37. The number of thiazole rings is 1. The molecule has 2 heterocycles. The van der Waals surface area contributed by atoms with Gasteiger partial charge < -0.3 is 15.1 Å². The molecule has 0 saturated carbocycles. The van der Waals surface area contributed by atoms with Crippen molar-refractivity contribution in [3.63, 3.8) is 0 Å². The summed E-state index contributed by atoms with van der Waals surface area (Å²) in [6.07, 6.45) is -1.03. The molecule has 0 aliphatic carbocycles. The van der Waals surface area contributed by atoms with Gasteiger partial charge in [0.1, 0.15) is 13.8 Å². The molecule has 0 bridgehead atoms. The van der Waals surface area contributed by atoms with Crippen molar-refractivity contribution in [1.29, 1.82) is 0 Å². The second kappa shape index (κ2) is 6.35. The zero-order chi connectivity index (χ0) is 17.4. The summed E-state index contributed by atoms with van der Waals surface area (Å²) in [4.78, 5) is 16.0. The summed E-state index contributed by atoms with van der Waals surface area (Å²) in [6, 6.07) is -1.07. The maximum atomic E-state index is 12.8. The Morgan fingerprint density at radius 3 is 2.83 bits per heavy atom. The first-order chi connectivity index (χ1) is 10.7. The third kappa shape index (κ3) is 3.12. The molecule has 1 fully saturated rings. The SMILES string of the molecule is CO/N=C(\C(N)=O)c1csc(N)[n+]1C1C[C@H](CF)N1S(=O)(=O)[O-]. The molecular formula is C10H14FN5O5S2. The normalized spacial score (nSPS) is 22.7. The number of nitrogen functional groups attached to an aromatic ring is 1. The first kappa shape index (κ1) is 17.5. The molecule has 1 aromatic heterocycles. The smallest absolute Gasteiger partial charge is 0.333 e. The average molecular weight is 367 g/mol. The van der Waals surface area contributed by atoms with Crippen LogP contribution in [0.15, 0.2) is 10.5 Å². The molecular weight excluding hydrogens is 353 g/mol. The molecule has 1 amide bonds. The Hall–Kier alpha value is -1.83. The largest absolute Gasteiger partial charge is 0.735 e. The van der Waals surface area contributed by atoms with Crippen molar-refractivity contribution in [2.75, 3.05) is 19.5 Å². The molecule has 1 unspecified atom stereocenters. The van der Waals surface area contributed by atoms with Gasteiger partial charge in [-0.2, -0.15) is 8.87 Å². The van der Waals surface area contributed by atoms with Crippen LogP contribution in [0.5, 0.6) is 0 Å². The lowest BCUT2D eigenvalue weighted by molar-refractivity contribution is -0.738. The summed E-state index contributed by atoms with van der Waals surface area (Å²) >= 11 is 0.981. The highest BCUT2D eigenvalue weighted by atomic mass is 32.2. The zero-order valence-electron chi connectivity index (χ0n) is 11.9. The Kier molecular flexibility index (Phi) is 4.84. The van der Waals surface area contributed by atoms with Crippen molar-refractivity contribution >= 4 is 38.4 Å². The van der Waals surface area contributed by atoms with Gasteiger partial charge in [-0.3, -0.25) is 10.5 Å². The van der Waals surface area contributed by atoms with Gasteiger partial charge in [0.25, 0.3) is 5.91 Å². The van der Waals surface area contributed by atoms with Gasteiger partial charge in [-0.15, -0.1) is 0 Å². The van der Waals surface area contributed by atoms with E-state index < -0.39 is 35.1 Å². The number of nitrogens with two attached hydrogens (primary N) is 2. The maximum absolute atomic E-state index is 12.8. The van der Waals surface area contributed by atoms with Crippen LogP contribution >= 0.6 is 11.3 Å². The van der Waals surface area contributed by atoms with Crippen LogP contribution in [0.4, 0.5) is 9.52 Å². The van der Waals surface area contributed by atoms with Crippen LogP contribution in [0.2, 0.25) is 0 Å². The summed E-state index contributed by atoms with van der Waals surface area (Å²) in [5, 5.41) is 5.00. The third-order valence-corrected chi connectivity index (χ3v) is 5.15. The predicted molar refractivity (Wildman–Crippen MR) is 76.6 cm³/mol. The molecule has 1 aliphatic rings. The summed E-state index contributed by atoms with van der Waals surface area (Å²) in [5.41, 5.74) is 10.8. The minimum absolute atomic E-state index is 0.0234. The lowest BCUT2D eigenvalue weighted by Crippen LogP contribution is -2.66. The fraction of sp³-hybridized carbons (Fsp3) is 0.500. The number of amides is 1. The van der Waals surface area contributed by atoms with Gasteiger partial charge in [0, 0.05) is 11.8 Å². The first-order valence-electron chi connectivity index (χ1n) is 6.22. The van der Waals surface area contributed by atoms with E-state index in [2.05, 4.69) is 9.99 Å². The quantitative estimate of drug-likeness (QED) is 0.268. The third-order valence-electron chi connectivity index (χ3n) is 3.32. The van der Waals surface area contributed by atoms with E-state index in [-0.39, 0.29) is 23.0 Å². The number of hydrogen-bond donors (Lipinski definition) is 2. The molecule has 1 aliphatic heterocycles. The molecule has 10 nitrogen and oxygen atoms in total. The number of oxime groups is 1. The summed E-state index contributed by atoms with van der Waals surface area (Å²) in [7, 11) is -3.72. The summed E-state index contributed by atoms with van der Waals surface area (Å²) in [6.45, 7) is -1.01. The number of carbonyl (C=O) groups is 1. The summed E-state index contributed by atoms with van der Waals surface area (Å²) < 4.78 is 48.5. The van der Waals surface area contributed by atoms with E-state index in [9.17, 15) is 22.2 Å². The van der Waals surface area contributed by atoms with Gasteiger partial charge in [0.2, 0.25) is 5.71 Å².